The highest BCUT2D eigenvalue weighted by molar-refractivity contribution is 5.80. The van der Waals surface area contributed by atoms with Crippen molar-refractivity contribution in [1.82, 2.24) is 0 Å². The van der Waals surface area contributed by atoms with Gasteiger partial charge < -0.3 is 11.5 Å². The number of primary amides is 1. The van der Waals surface area contributed by atoms with Crippen molar-refractivity contribution in [2.45, 2.75) is 39.7 Å². The van der Waals surface area contributed by atoms with Crippen molar-refractivity contribution in [3.05, 3.63) is 0 Å². The Hall–Kier alpha value is -0.570. The molecule has 1 amide bonds. The molecule has 66 valence electrons. The number of hydrogen-bond acceptors (Lipinski definition) is 2. The summed E-state index contributed by atoms with van der Waals surface area (Å²) >= 11 is 0. The molecule has 0 aromatic rings. The first-order chi connectivity index (χ1) is 4.92. The molecule has 3 nitrogen and oxygen atoms in total. The topological polar surface area (TPSA) is 69.1 Å². The SMILES string of the molecule is CCCC(N)C(C)(C)C(N)=O. The van der Waals surface area contributed by atoms with E-state index in [0.29, 0.717) is 0 Å². The minimum atomic E-state index is -0.573. The molecule has 0 heterocycles. The lowest BCUT2D eigenvalue weighted by molar-refractivity contribution is -0.127. The van der Waals surface area contributed by atoms with Crippen molar-refractivity contribution in [3.63, 3.8) is 0 Å². The quantitative estimate of drug-likeness (QED) is 0.630. The normalized spacial score (nSPS) is 14.5. The van der Waals surface area contributed by atoms with Crippen LogP contribution in [0.15, 0.2) is 0 Å². The number of carbonyl (C=O) groups excluding carboxylic acids is 1. The van der Waals surface area contributed by atoms with E-state index in [1.165, 1.54) is 0 Å². The van der Waals surface area contributed by atoms with Gasteiger partial charge in [-0.25, -0.2) is 0 Å². The predicted octanol–water partition coefficient (Wildman–Crippen LogP) is 0.625. The van der Waals surface area contributed by atoms with E-state index in [0.717, 1.165) is 12.8 Å². The van der Waals surface area contributed by atoms with Crippen LogP contribution < -0.4 is 11.5 Å². The highest BCUT2D eigenvalue weighted by Crippen LogP contribution is 2.21. The average Bonchev–Trinajstić information content (AvgIpc) is 1.88. The van der Waals surface area contributed by atoms with Crippen LogP contribution in [0.3, 0.4) is 0 Å². The lowest BCUT2D eigenvalue weighted by atomic mass is 9.82. The van der Waals surface area contributed by atoms with Crippen LogP contribution in [0.5, 0.6) is 0 Å². The molecule has 0 aromatic carbocycles. The molecule has 0 aliphatic rings. The second kappa shape index (κ2) is 3.72. The Bertz CT molecular complexity index is 143. The number of hydrogen-bond donors (Lipinski definition) is 2. The largest absolute Gasteiger partial charge is 0.369 e. The molecule has 0 bridgehead atoms. The fourth-order valence-electron chi connectivity index (χ4n) is 0.855. The van der Waals surface area contributed by atoms with Gasteiger partial charge in [-0.2, -0.15) is 0 Å². The predicted molar refractivity (Wildman–Crippen MR) is 45.9 cm³/mol. The maximum Gasteiger partial charge on any atom is 0.224 e. The smallest absolute Gasteiger partial charge is 0.224 e. The van der Waals surface area contributed by atoms with Gasteiger partial charge >= 0.3 is 0 Å². The molecule has 0 spiro atoms. The molecule has 0 aliphatic heterocycles. The summed E-state index contributed by atoms with van der Waals surface area (Å²) in [5, 5.41) is 0. The maximum absolute atomic E-state index is 10.9. The van der Waals surface area contributed by atoms with Gasteiger partial charge in [-0.3, -0.25) is 4.79 Å². The van der Waals surface area contributed by atoms with Crippen LogP contribution in [0.25, 0.3) is 0 Å². The number of carbonyl (C=O) groups is 1. The summed E-state index contributed by atoms with van der Waals surface area (Å²) in [6.07, 6.45) is 1.83. The molecule has 0 saturated carbocycles. The fraction of sp³-hybridized carbons (Fsp3) is 0.875. The van der Waals surface area contributed by atoms with Gasteiger partial charge in [-0.15, -0.1) is 0 Å². The summed E-state index contributed by atoms with van der Waals surface area (Å²) in [5.74, 6) is -0.321. The van der Waals surface area contributed by atoms with Crippen molar-refractivity contribution in [2.24, 2.45) is 16.9 Å². The van der Waals surface area contributed by atoms with Crippen LogP contribution in [0.1, 0.15) is 33.6 Å². The number of nitrogens with two attached hydrogens (primary N) is 2. The Morgan fingerprint density at radius 3 is 2.27 bits per heavy atom. The second-order valence-electron chi connectivity index (χ2n) is 3.48. The lowest BCUT2D eigenvalue weighted by Crippen LogP contribution is -2.46. The third kappa shape index (κ3) is 2.50. The first-order valence-electron chi connectivity index (χ1n) is 3.98. The Kier molecular flexibility index (Phi) is 3.52. The van der Waals surface area contributed by atoms with Crippen molar-refractivity contribution in [2.75, 3.05) is 0 Å². The molecule has 1 atom stereocenters. The van der Waals surface area contributed by atoms with Crippen LogP contribution in [0.2, 0.25) is 0 Å². The third-order valence-corrected chi connectivity index (χ3v) is 2.16. The monoisotopic (exact) mass is 158 g/mol. The zero-order chi connectivity index (χ0) is 9.07. The molecule has 0 saturated heterocycles. The lowest BCUT2D eigenvalue weighted by Gasteiger charge is -2.27. The summed E-state index contributed by atoms with van der Waals surface area (Å²) < 4.78 is 0. The minimum absolute atomic E-state index is 0.120. The average molecular weight is 158 g/mol. The summed E-state index contributed by atoms with van der Waals surface area (Å²) in [7, 11) is 0. The molecule has 0 aromatic heterocycles. The molecular weight excluding hydrogens is 140 g/mol. The van der Waals surface area contributed by atoms with Gasteiger partial charge in [0.05, 0.1) is 5.41 Å². The first kappa shape index (κ1) is 10.4. The zero-order valence-corrected chi connectivity index (χ0v) is 7.55. The summed E-state index contributed by atoms with van der Waals surface area (Å²) in [6, 6.07) is -0.120. The van der Waals surface area contributed by atoms with Gasteiger partial charge in [-0.1, -0.05) is 13.3 Å². The number of rotatable bonds is 4. The van der Waals surface area contributed by atoms with Crippen molar-refractivity contribution in [3.8, 4) is 0 Å². The molecule has 4 N–H and O–H groups in total. The molecule has 0 aliphatic carbocycles. The van der Waals surface area contributed by atoms with Crippen LogP contribution in [0, 0.1) is 5.41 Å². The van der Waals surface area contributed by atoms with E-state index < -0.39 is 5.41 Å². The van der Waals surface area contributed by atoms with Gasteiger partial charge in [0.25, 0.3) is 0 Å². The summed E-state index contributed by atoms with van der Waals surface area (Å²) in [5.41, 5.74) is 10.4. The van der Waals surface area contributed by atoms with E-state index in [1.807, 2.05) is 6.92 Å². The van der Waals surface area contributed by atoms with Crippen LogP contribution in [-0.2, 0) is 4.79 Å². The van der Waals surface area contributed by atoms with Crippen LogP contribution in [-0.4, -0.2) is 11.9 Å². The molecule has 1 unspecified atom stereocenters. The van der Waals surface area contributed by atoms with Crippen LogP contribution in [0.4, 0.5) is 0 Å². The highest BCUT2D eigenvalue weighted by Gasteiger charge is 2.31. The van der Waals surface area contributed by atoms with E-state index in [9.17, 15) is 4.79 Å². The highest BCUT2D eigenvalue weighted by atomic mass is 16.1. The summed E-state index contributed by atoms with van der Waals surface area (Å²) in [6.45, 7) is 5.61. The Labute approximate surface area is 68.1 Å². The molecule has 3 heteroatoms. The minimum Gasteiger partial charge on any atom is -0.369 e. The van der Waals surface area contributed by atoms with E-state index in [-0.39, 0.29) is 11.9 Å². The van der Waals surface area contributed by atoms with Crippen molar-refractivity contribution < 1.29 is 4.79 Å². The van der Waals surface area contributed by atoms with Crippen molar-refractivity contribution >= 4 is 5.91 Å². The second-order valence-corrected chi connectivity index (χ2v) is 3.48. The molecule has 11 heavy (non-hydrogen) atoms. The Balaban J connectivity index is 4.17. The van der Waals surface area contributed by atoms with E-state index >= 15 is 0 Å². The van der Waals surface area contributed by atoms with Gasteiger partial charge in [-0.05, 0) is 20.3 Å². The molecule has 0 fully saturated rings. The van der Waals surface area contributed by atoms with Gasteiger partial charge in [0.15, 0.2) is 0 Å². The van der Waals surface area contributed by atoms with E-state index in [4.69, 9.17) is 11.5 Å². The fourth-order valence-corrected chi connectivity index (χ4v) is 0.855. The maximum atomic E-state index is 10.9. The van der Waals surface area contributed by atoms with Gasteiger partial charge in [0.2, 0.25) is 5.91 Å². The molecular formula is C8H18N2O. The summed E-state index contributed by atoms with van der Waals surface area (Å²) in [4.78, 5) is 10.9. The standard InChI is InChI=1S/C8H18N2O/c1-4-5-6(9)8(2,3)7(10)11/h6H,4-5,9H2,1-3H3,(H2,10,11). The Morgan fingerprint density at radius 2 is 2.00 bits per heavy atom. The van der Waals surface area contributed by atoms with Crippen molar-refractivity contribution in [1.29, 1.82) is 0 Å². The Morgan fingerprint density at radius 1 is 1.55 bits per heavy atom. The van der Waals surface area contributed by atoms with Gasteiger partial charge in [0, 0.05) is 6.04 Å². The third-order valence-electron chi connectivity index (χ3n) is 2.16. The van der Waals surface area contributed by atoms with Gasteiger partial charge in [0.1, 0.15) is 0 Å². The van der Waals surface area contributed by atoms with E-state index in [1.54, 1.807) is 13.8 Å². The molecule has 0 radical (unpaired) electrons. The zero-order valence-electron chi connectivity index (χ0n) is 7.55. The van der Waals surface area contributed by atoms with Crippen LogP contribution >= 0.6 is 0 Å². The van der Waals surface area contributed by atoms with E-state index in [2.05, 4.69) is 0 Å². The number of amides is 1. The first-order valence-corrected chi connectivity index (χ1v) is 3.98. The molecule has 0 rings (SSSR count).